The van der Waals surface area contributed by atoms with Crippen LogP contribution in [0, 0.1) is 5.92 Å². The molecule has 0 bridgehead atoms. The van der Waals surface area contributed by atoms with Gasteiger partial charge in [-0.2, -0.15) is 0 Å². The first kappa shape index (κ1) is 17.0. The van der Waals surface area contributed by atoms with Crippen LogP contribution in [0.3, 0.4) is 0 Å². The Kier molecular flexibility index (Phi) is 4.13. The minimum absolute atomic E-state index is 0.169. The van der Waals surface area contributed by atoms with Crippen LogP contribution in [-0.2, 0) is 5.41 Å². The lowest BCUT2D eigenvalue weighted by Gasteiger charge is -2.38. The molecule has 3 heteroatoms. The van der Waals surface area contributed by atoms with E-state index in [0.29, 0.717) is 21.9 Å². The van der Waals surface area contributed by atoms with Crippen LogP contribution < -0.4 is 5.32 Å². The predicted octanol–water partition coefficient (Wildman–Crippen LogP) is 7.12. The van der Waals surface area contributed by atoms with Crippen molar-refractivity contribution in [3.05, 3.63) is 75.3 Å². The minimum Gasteiger partial charge on any atom is -0.376 e. The Hall–Kier alpha value is -1.44. The average Bonchev–Trinajstić information content (AvgIpc) is 3.03. The van der Waals surface area contributed by atoms with Crippen LogP contribution in [0.5, 0.6) is 0 Å². The molecule has 1 N–H and O–H groups in total. The highest BCUT2D eigenvalue weighted by molar-refractivity contribution is 6.36. The van der Waals surface area contributed by atoms with E-state index in [-0.39, 0.29) is 11.5 Å². The summed E-state index contributed by atoms with van der Waals surface area (Å²) in [5.41, 5.74) is 5.10. The van der Waals surface area contributed by atoms with Crippen molar-refractivity contribution in [3.63, 3.8) is 0 Å². The molecule has 0 saturated carbocycles. The molecule has 1 heterocycles. The maximum absolute atomic E-state index is 6.50. The van der Waals surface area contributed by atoms with E-state index >= 15 is 0 Å². The fourth-order valence-corrected chi connectivity index (χ4v) is 4.71. The maximum Gasteiger partial charge on any atom is 0.0655 e. The first-order valence-corrected chi connectivity index (χ1v) is 9.63. The number of fused-ring (bicyclic) bond motifs is 3. The molecule has 130 valence electrons. The summed E-state index contributed by atoms with van der Waals surface area (Å²) in [6.07, 6.45) is 5.68. The molecule has 4 rings (SSSR count). The van der Waals surface area contributed by atoms with Gasteiger partial charge in [-0.3, -0.25) is 0 Å². The van der Waals surface area contributed by atoms with Crippen LogP contribution in [0.15, 0.2) is 48.6 Å². The summed E-state index contributed by atoms with van der Waals surface area (Å²) in [6, 6.07) is 13.2. The predicted molar refractivity (Wildman–Crippen MR) is 108 cm³/mol. The van der Waals surface area contributed by atoms with E-state index in [0.717, 1.165) is 12.1 Å². The van der Waals surface area contributed by atoms with Crippen molar-refractivity contribution in [3.8, 4) is 0 Å². The SMILES string of the molecule is CC(C)(C)c1ccc([C@@H]2Nc3c(Cl)cc(Cl)cc3[C@H]3C=CC[C@@H]32)cc1. The Labute approximate surface area is 160 Å². The molecule has 1 aliphatic heterocycles. The third-order valence-electron chi connectivity index (χ3n) is 5.52. The summed E-state index contributed by atoms with van der Waals surface area (Å²) < 4.78 is 0. The van der Waals surface area contributed by atoms with E-state index in [4.69, 9.17) is 23.2 Å². The molecule has 0 fully saturated rings. The summed E-state index contributed by atoms with van der Waals surface area (Å²) >= 11 is 12.8. The largest absolute Gasteiger partial charge is 0.376 e. The van der Waals surface area contributed by atoms with Crippen molar-refractivity contribution in [1.82, 2.24) is 0 Å². The molecular formula is C22H23Cl2N. The summed E-state index contributed by atoms with van der Waals surface area (Å²) in [4.78, 5) is 0. The van der Waals surface area contributed by atoms with Crippen LogP contribution in [0.4, 0.5) is 5.69 Å². The van der Waals surface area contributed by atoms with Gasteiger partial charge in [0.1, 0.15) is 0 Å². The van der Waals surface area contributed by atoms with Gasteiger partial charge >= 0.3 is 0 Å². The Balaban J connectivity index is 1.74. The zero-order valence-electron chi connectivity index (χ0n) is 14.8. The summed E-state index contributed by atoms with van der Waals surface area (Å²) in [7, 11) is 0. The Bertz CT molecular complexity index is 830. The van der Waals surface area contributed by atoms with Crippen molar-refractivity contribution in [2.75, 3.05) is 5.32 Å². The van der Waals surface area contributed by atoms with Gasteiger partial charge in [-0.25, -0.2) is 0 Å². The normalized spacial score (nSPS) is 24.6. The number of halogens is 2. The van der Waals surface area contributed by atoms with Crippen molar-refractivity contribution in [2.45, 2.75) is 44.6 Å². The van der Waals surface area contributed by atoms with Crippen molar-refractivity contribution >= 4 is 28.9 Å². The first-order chi connectivity index (χ1) is 11.8. The van der Waals surface area contributed by atoms with Gasteiger partial charge in [0.25, 0.3) is 0 Å². The third kappa shape index (κ3) is 2.98. The molecule has 2 aromatic rings. The van der Waals surface area contributed by atoms with Gasteiger partial charge < -0.3 is 5.32 Å². The Morgan fingerprint density at radius 3 is 2.44 bits per heavy atom. The van der Waals surface area contributed by atoms with Crippen LogP contribution in [0.1, 0.15) is 55.8 Å². The third-order valence-corrected chi connectivity index (χ3v) is 6.04. The lowest BCUT2D eigenvalue weighted by molar-refractivity contribution is 0.425. The summed E-state index contributed by atoms with van der Waals surface area (Å²) in [5.74, 6) is 0.877. The van der Waals surface area contributed by atoms with E-state index in [1.165, 1.54) is 16.7 Å². The molecule has 0 unspecified atom stereocenters. The number of hydrogen-bond donors (Lipinski definition) is 1. The Morgan fingerprint density at radius 1 is 1.04 bits per heavy atom. The van der Waals surface area contributed by atoms with Crippen molar-refractivity contribution < 1.29 is 0 Å². The topological polar surface area (TPSA) is 12.0 Å². The van der Waals surface area contributed by atoms with Crippen molar-refractivity contribution in [2.24, 2.45) is 5.92 Å². The average molecular weight is 372 g/mol. The van der Waals surface area contributed by atoms with E-state index in [9.17, 15) is 0 Å². The fourth-order valence-electron chi connectivity index (χ4n) is 4.14. The lowest BCUT2D eigenvalue weighted by Crippen LogP contribution is -2.29. The zero-order valence-corrected chi connectivity index (χ0v) is 16.3. The number of allylic oxidation sites excluding steroid dienone is 2. The quantitative estimate of drug-likeness (QED) is 0.526. The smallest absolute Gasteiger partial charge is 0.0655 e. The van der Waals surface area contributed by atoms with Crippen LogP contribution in [-0.4, -0.2) is 0 Å². The highest BCUT2D eigenvalue weighted by atomic mass is 35.5. The van der Waals surface area contributed by atoms with Crippen LogP contribution in [0.2, 0.25) is 10.0 Å². The highest BCUT2D eigenvalue weighted by Gasteiger charge is 2.38. The molecule has 1 aliphatic carbocycles. The highest BCUT2D eigenvalue weighted by Crippen LogP contribution is 2.52. The molecular weight excluding hydrogens is 349 g/mol. The van der Waals surface area contributed by atoms with Gasteiger partial charge in [0.05, 0.1) is 16.8 Å². The number of hydrogen-bond acceptors (Lipinski definition) is 1. The van der Waals surface area contributed by atoms with E-state index < -0.39 is 0 Å². The van der Waals surface area contributed by atoms with Gasteiger partial charge in [0.2, 0.25) is 0 Å². The molecule has 2 aliphatic rings. The molecule has 0 spiro atoms. The second-order valence-electron chi connectivity index (χ2n) is 8.20. The second kappa shape index (κ2) is 6.07. The number of nitrogens with one attached hydrogen (secondary N) is 1. The number of rotatable bonds is 1. The van der Waals surface area contributed by atoms with Gasteiger partial charge in [-0.15, -0.1) is 0 Å². The van der Waals surface area contributed by atoms with E-state index in [1.54, 1.807) is 0 Å². The minimum atomic E-state index is 0.169. The number of anilines is 1. The lowest BCUT2D eigenvalue weighted by atomic mass is 9.76. The molecule has 0 aromatic heterocycles. The van der Waals surface area contributed by atoms with Crippen molar-refractivity contribution in [1.29, 1.82) is 0 Å². The molecule has 0 radical (unpaired) electrons. The monoisotopic (exact) mass is 371 g/mol. The fraction of sp³-hybridized carbons (Fsp3) is 0.364. The molecule has 2 aromatic carbocycles. The molecule has 0 saturated heterocycles. The molecule has 1 nitrogen and oxygen atoms in total. The Morgan fingerprint density at radius 2 is 1.76 bits per heavy atom. The van der Waals surface area contributed by atoms with Crippen LogP contribution >= 0.6 is 23.2 Å². The second-order valence-corrected chi connectivity index (χ2v) is 9.04. The maximum atomic E-state index is 6.50. The number of benzene rings is 2. The zero-order chi connectivity index (χ0) is 17.8. The standard InChI is InChI=1S/C22H23Cl2N/c1-22(2,3)14-9-7-13(8-10-14)20-17-6-4-5-16(17)18-11-15(23)12-19(24)21(18)25-20/h4-5,7-12,16-17,20,25H,6H2,1-3H3/t16-,17-,20-/m0/s1. The summed E-state index contributed by atoms with van der Waals surface area (Å²) in [6.45, 7) is 6.74. The van der Waals surface area contributed by atoms with Gasteiger partial charge in [-0.1, -0.05) is 80.4 Å². The molecule has 0 amide bonds. The van der Waals surface area contributed by atoms with Gasteiger partial charge in [-0.05, 0) is 46.6 Å². The van der Waals surface area contributed by atoms with E-state index in [1.807, 2.05) is 6.07 Å². The molecule has 25 heavy (non-hydrogen) atoms. The first-order valence-electron chi connectivity index (χ1n) is 8.87. The molecule has 3 atom stereocenters. The van der Waals surface area contributed by atoms with Gasteiger partial charge in [0.15, 0.2) is 0 Å². The summed E-state index contributed by atoms with van der Waals surface area (Å²) in [5, 5.41) is 5.12. The van der Waals surface area contributed by atoms with E-state index in [2.05, 4.69) is 68.6 Å². The van der Waals surface area contributed by atoms with Gasteiger partial charge in [0, 0.05) is 10.9 Å². The van der Waals surface area contributed by atoms with Crippen LogP contribution in [0.25, 0.3) is 0 Å².